The Morgan fingerprint density at radius 1 is 1.43 bits per heavy atom. The van der Waals surface area contributed by atoms with Crippen LogP contribution in [0.25, 0.3) is 0 Å². The molecular weight excluding hydrogens is 182 g/mol. The molecule has 76 valence electrons. The van der Waals surface area contributed by atoms with E-state index in [1.54, 1.807) is 0 Å². The number of carboxylic acid groups (broad SMARTS) is 1. The third-order valence-electron chi connectivity index (χ3n) is 2.56. The summed E-state index contributed by atoms with van der Waals surface area (Å²) in [4.78, 5) is 21.6. The van der Waals surface area contributed by atoms with E-state index in [4.69, 9.17) is 11.5 Å². The van der Waals surface area contributed by atoms with Gasteiger partial charge < -0.3 is 10.4 Å². The Labute approximate surface area is 82.7 Å². The zero-order valence-electron chi connectivity index (χ0n) is 7.88. The number of hydrogen-bond acceptors (Lipinski definition) is 2. The third kappa shape index (κ3) is 2.49. The number of nitrogens with one attached hydrogen (secondary N) is 1. The Kier molecular flexibility index (Phi) is 3.13. The van der Waals surface area contributed by atoms with Gasteiger partial charge in [-0.05, 0) is 18.8 Å². The summed E-state index contributed by atoms with van der Waals surface area (Å²) >= 11 is 0. The van der Waals surface area contributed by atoms with Crippen LogP contribution in [-0.2, 0) is 9.59 Å². The van der Waals surface area contributed by atoms with E-state index in [0.29, 0.717) is 12.8 Å². The largest absolute Gasteiger partial charge is 0.481 e. The van der Waals surface area contributed by atoms with Crippen LogP contribution in [0, 0.1) is 12.3 Å². The molecule has 0 spiro atoms. The zero-order chi connectivity index (χ0) is 10.6. The molecular formula is C10H13NO3. The molecule has 1 aliphatic carbocycles. The average Bonchev–Trinajstić information content (AvgIpc) is 2.51. The van der Waals surface area contributed by atoms with Gasteiger partial charge in [-0.1, -0.05) is 12.8 Å². The lowest BCUT2D eigenvalue weighted by molar-refractivity contribution is -0.138. The second-order valence-corrected chi connectivity index (χ2v) is 3.66. The fourth-order valence-electron chi connectivity index (χ4n) is 1.96. The number of carboxylic acids is 1. The molecule has 0 unspecified atom stereocenters. The summed E-state index contributed by atoms with van der Waals surface area (Å²) in [5.41, 5.74) is -0.602. The van der Waals surface area contributed by atoms with Crippen LogP contribution >= 0.6 is 0 Å². The first-order valence-electron chi connectivity index (χ1n) is 4.58. The van der Waals surface area contributed by atoms with Crippen molar-refractivity contribution >= 4 is 11.9 Å². The highest BCUT2D eigenvalue weighted by atomic mass is 16.4. The number of carbonyl (C=O) groups excluding carboxylic acids is 1. The Bertz CT molecular complexity index is 284. The van der Waals surface area contributed by atoms with Gasteiger partial charge in [-0.15, -0.1) is 6.42 Å². The average molecular weight is 195 g/mol. The summed E-state index contributed by atoms with van der Waals surface area (Å²) < 4.78 is 0. The van der Waals surface area contributed by atoms with Crippen molar-refractivity contribution in [2.45, 2.75) is 37.6 Å². The summed E-state index contributed by atoms with van der Waals surface area (Å²) in [6.07, 6.45) is 8.18. The Balaban J connectivity index is 2.67. The Morgan fingerprint density at radius 3 is 2.43 bits per heavy atom. The van der Waals surface area contributed by atoms with Crippen LogP contribution in [0.15, 0.2) is 0 Å². The molecule has 4 heteroatoms. The molecule has 1 saturated carbocycles. The van der Waals surface area contributed by atoms with Gasteiger partial charge in [0, 0.05) is 0 Å². The monoisotopic (exact) mass is 195 g/mol. The molecule has 0 heterocycles. The SMILES string of the molecule is C#CC(=O)NC1(CC(=O)O)CCCC1. The van der Waals surface area contributed by atoms with Gasteiger partial charge in [0.05, 0.1) is 12.0 Å². The van der Waals surface area contributed by atoms with Crippen LogP contribution in [0.4, 0.5) is 0 Å². The van der Waals surface area contributed by atoms with Crippen LogP contribution in [0.5, 0.6) is 0 Å². The third-order valence-corrected chi connectivity index (χ3v) is 2.56. The van der Waals surface area contributed by atoms with Crippen molar-refractivity contribution in [3.63, 3.8) is 0 Å². The lowest BCUT2D eigenvalue weighted by Gasteiger charge is -2.27. The predicted molar refractivity (Wildman–Crippen MR) is 50.4 cm³/mol. The van der Waals surface area contributed by atoms with Gasteiger partial charge >= 0.3 is 5.97 Å². The molecule has 1 rings (SSSR count). The van der Waals surface area contributed by atoms with Crippen molar-refractivity contribution in [2.75, 3.05) is 0 Å². The van der Waals surface area contributed by atoms with Crippen LogP contribution in [0.3, 0.4) is 0 Å². The maximum absolute atomic E-state index is 11.0. The molecule has 0 aromatic carbocycles. The smallest absolute Gasteiger partial charge is 0.305 e. The number of carbonyl (C=O) groups is 2. The van der Waals surface area contributed by atoms with E-state index < -0.39 is 17.4 Å². The fourth-order valence-corrected chi connectivity index (χ4v) is 1.96. The molecule has 4 nitrogen and oxygen atoms in total. The summed E-state index contributed by atoms with van der Waals surface area (Å²) in [7, 11) is 0. The van der Waals surface area contributed by atoms with Gasteiger partial charge in [-0.25, -0.2) is 0 Å². The number of hydrogen-bond donors (Lipinski definition) is 2. The first-order chi connectivity index (χ1) is 6.58. The van der Waals surface area contributed by atoms with Gasteiger partial charge in [0.1, 0.15) is 0 Å². The van der Waals surface area contributed by atoms with E-state index in [-0.39, 0.29) is 6.42 Å². The van der Waals surface area contributed by atoms with E-state index in [0.717, 1.165) is 12.8 Å². The van der Waals surface area contributed by atoms with E-state index in [2.05, 4.69) is 5.32 Å². The Hall–Kier alpha value is -1.50. The molecule has 1 fully saturated rings. The minimum Gasteiger partial charge on any atom is -0.481 e. The molecule has 1 amide bonds. The van der Waals surface area contributed by atoms with Gasteiger partial charge in [0.25, 0.3) is 5.91 Å². The summed E-state index contributed by atoms with van der Waals surface area (Å²) in [5.74, 6) is 0.528. The highest BCUT2D eigenvalue weighted by Gasteiger charge is 2.36. The van der Waals surface area contributed by atoms with E-state index in [9.17, 15) is 9.59 Å². The summed E-state index contributed by atoms with van der Waals surface area (Å²) in [5, 5.41) is 11.3. The minimum atomic E-state index is -0.899. The normalized spacial score (nSPS) is 18.5. The highest BCUT2D eigenvalue weighted by molar-refractivity contribution is 5.93. The molecule has 0 aromatic heterocycles. The fraction of sp³-hybridized carbons (Fsp3) is 0.600. The number of terminal acetylenes is 1. The van der Waals surface area contributed by atoms with Crippen molar-refractivity contribution in [1.82, 2.24) is 5.32 Å². The zero-order valence-corrected chi connectivity index (χ0v) is 7.88. The molecule has 0 aliphatic heterocycles. The van der Waals surface area contributed by atoms with Crippen molar-refractivity contribution in [1.29, 1.82) is 0 Å². The van der Waals surface area contributed by atoms with Gasteiger partial charge in [0.15, 0.2) is 0 Å². The minimum absolute atomic E-state index is 0.0413. The highest BCUT2D eigenvalue weighted by Crippen LogP contribution is 2.32. The quantitative estimate of drug-likeness (QED) is 0.645. The molecule has 0 bridgehead atoms. The standard InChI is InChI=1S/C10H13NO3/c1-2-8(12)11-10(7-9(13)14)5-3-4-6-10/h1H,3-7H2,(H,11,12)(H,13,14). The second-order valence-electron chi connectivity index (χ2n) is 3.66. The van der Waals surface area contributed by atoms with Crippen molar-refractivity contribution < 1.29 is 14.7 Å². The van der Waals surface area contributed by atoms with Gasteiger partial charge in [-0.2, -0.15) is 0 Å². The first kappa shape index (κ1) is 10.6. The lowest BCUT2D eigenvalue weighted by atomic mass is 9.93. The maximum Gasteiger partial charge on any atom is 0.305 e. The topological polar surface area (TPSA) is 66.4 Å². The summed E-state index contributed by atoms with van der Waals surface area (Å²) in [6.45, 7) is 0. The van der Waals surface area contributed by atoms with Crippen molar-refractivity contribution in [2.24, 2.45) is 0 Å². The molecule has 14 heavy (non-hydrogen) atoms. The van der Waals surface area contributed by atoms with Crippen LogP contribution in [0.1, 0.15) is 32.1 Å². The molecule has 0 aromatic rings. The molecule has 0 atom stereocenters. The van der Waals surface area contributed by atoms with Crippen molar-refractivity contribution in [3.8, 4) is 12.3 Å². The molecule has 0 radical (unpaired) electrons. The summed E-state index contributed by atoms with van der Waals surface area (Å²) in [6, 6.07) is 0. The van der Waals surface area contributed by atoms with E-state index in [1.807, 2.05) is 5.92 Å². The second kappa shape index (κ2) is 4.14. The molecule has 0 saturated heterocycles. The van der Waals surface area contributed by atoms with Crippen LogP contribution < -0.4 is 5.32 Å². The number of rotatable bonds is 3. The first-order valence-corrected chi connectivity index (χ1v) is 4.58. The molecule has 2 N–H and O–H groups in total. The number of amides is 1. The van der Waals surface area contributed by atoms with Crippen LogP contribution in [0.2, 0.25) is 0 Å². The maximum atomic E-state index is 11.0. The van der Waals surface area contributed by atoms with Crippen molar-refractivity contribution in [3.05, 3.63) is 0 Å². The van der Waals surface area contributed by atoms with Gasteiger partial charge in [-0.3, -0.25) is 9.59 Å². The van der Waals surface area contributed by atoms with E-state index >= 15 is 0 Å². The lowest BCUT2D eigenvalue weighted by Crippen LogP contribution is -2.47. The molecule has 1 aliphatic rings. The number of aliphatic carboxylic acids is 1. The van der Waals surface area contributed by atoms with Crippen LogP contribution in [-0.4, -0.2) is 22.5 Å². The predicted octanol–water partition coefficient (Wildman–Crippen LogP) is 0.523. The Morgan fingerprint density at radius 2 is 2.00 bits per heavy atom. The van der Waals surface area contributed by atoms with E-state index in [1.165, 1.54) is 0 Å². The van der Waals surface area contributed by atoms with Gasteiger partial charge in [0.2, 0.25) is 0 Å².